The number of hydrogen-bond acceptors (Lipinski definition) is 2. The van der Waals surface area contributed by atoms with Crippen molar-refractivity contribution in [1.29, 1.82) is 0 Å². The van der Waals surface area contributed by atoms with Crippen LogP contribution < -0.4 is 0 Å². The van der Waals surface area contributed by atoms with Crippen molar-refractivity contribution in [2.24, 2.45) is 0 Å². The average molecular weight is 162 g/mol. The maximum Gasteiger partial charge on any atom is 0.159 e. The molecule has 0 saturated carbocycles. The fraction of sp³-hybridized carbons (Fsp3) is 0.200. The van der Waals surface area contributed by atoms with E-state index >= 15 is 0 Å². The Morgan fingerprint density at radius 3 is 2.50 bits per heavy atom. The van der Waals surface area contributed by atoms with Crippen LogP contribution in [0.15, 0.2) is 18.2 Å². The van der Waals surface area contributed by atoms with Crippen LogP contribution in [0.3, 0.4) is 0 Å². The van der Waals surface area contributed by atoms with E-state index in [1.54, 1.807) is 18.2 Å². The molecule has 1 aromatic carbocycles. The van der Waals surface area contributed by atoms with Crippen LogP contribution >= 0.6 is 0 Å². The summed E-state index contributed by atoms with van der Waals surface area (Å²) in [6, 6.07) is 5.06. The lowest BCUT2D eigenvalue weighted by atomic mass is 10.0. The molecule has 0 aliphatic carbocycles. The summed E-state index contributed by atoms with van der Waals surface area (Å²) in [6.07, 6.45) is 0.791. The summed E-state index contributed by atoms with van der Waals surface area (Å²) in [4.78, 5) is 21.3. The van der Waals surface area contributed by atoms with Crippen molar-refractivity contribution in [3.63, 3.8) is 0 Å². The third kappa shape index (κ3) is 1.59. The Kier molecular flexibility index (Phi) is 2.38. The van der Waals surface area contributed by atoms with E-state index in [2.05, 4.69) is 0 Å². The van der Waals surface area contributed by atoms with Crippen molar-refractivity contribution in [2.75, 3.05) is 0 Å². The Morgan fingerprint density at radius 1 is 1.42 bits per heavy atom. The maximum absolute atomic E-state index is 10.9. The molecule has 0 heterocycles. The molecule has 12 heavy (non-hydrogen) atoms. The van der Waals surface area contributed by atoms with Gasteiger partial charge in [-0.05, 0) is 25.5 Å². The highest BCUT2D eigenvalue weighted by molar-refractivity contribution is 5.95. The number of aldehydes is 1. The van der Waals surface area contributed by atoms with Crippen LogP contribution in [-0.2, 0) is 0 Å². The second-order valence-corrected chi connectivity index (χ2v) is 2.75. The molecule has 1 aromatic rings. The summed E-state index contributed by atoms with van der Waals surface area (Å²) in [6.45, 7) is 3.32. The minimum atomic E-state index is 0.0237. The number of carbonyl (C=O) groups excluding carboxylic acids is 2. The van der Waals surface area contributed by atoms with Gasteiger partial charge in [0.05, 0.1) is 0 Å². The van der Waals surface area contributed by atoms with Crippen molar-refractivity contribution in [1.82, 2.24) is 0 Å². The molecule has 1 rings (SSSR count). The maximum atomic E-state index is 10.9. The van der Waals surface area contributed by atoms with E-state index in [0.29, 0.717) is 11.1 Å². The Hall–Kier alpha value is -1.44. The topological polar surface area (TPSA) is 34.1 Å². The van der Waals surface area contributed by atoms with Gasteiger partial charge in [0.25, 0.3) is 0 Å². The largest absolute Gasteiger partial charge is 0.298 e. The zero-order valence-electron chi connectivity index (χ0n) is 7.13. The van der Waals surface area contributed by atoms with Crippen molar-refractivity contribution in [2.45, 2.75) is 13.8 Å². The highest BCUT2D eigenvalue weighted by Crippen LogP contribution is 2.09. The predicted octanol–water partition coefficient (Wildman–Crippen LogP) is 2.01. The summed E-state index contributed by atoms with van der Waals surface area (Å²) < 4.78 is 0. The first-order valence-corrected chi connectivity index (χ1v) is 3.72. The van der Waals surface area contributed by atoms with Crippen molar-refractivity contribution < 1.29 is 9.59 Å². The van der Waals surface area contributed by atoms with Crippen LogP contribution in [-0.4, -0.2) is 12.1 Å². The normalized spacial score (nSPS) is 9.50. The number of benzene rings is 1. The molecule has 62 valence electrons. The first kappa shape index (κ1) is 8.65. The van der Waals surface area contributed by atoms with Gasteiger partial charge >= 0.3 is 0 Å². The van der Waals surface area contributed by atoms with E-state index in [0.717, 1.165) is 11.8 Å². The molecule has 0 saturated heterocycles. The molecule has 0 amide bonds. The summed E-state index contributed by atoms with van der Waals surface area (Å²) in [7, 11) is 0. The van der Waals surface area contributed by atoms with E-state index in [1.807, 2.05) is 6.92 Å². The highest BCUT2D eigenvalue weighted by Gasteiger charge is 2.01. The average Bonchev–Trinajstić information content (AvgIpc) is 2.04. The van der Waals surface area contributed by atoms with E-state index < -0.39 is 0 Å². The molecule has 2 nitrogen and oxygen atoms in total. The van der Waals surface area contributed by atoms with Crippen LogP contribution in [0.4, 0.5) is 0 Å². The van der Waals surface area contributed by atoms with Gasteiger partial charge in [0.15, 0.2) is 5.78 Å². The van der Waals surface area contributed by atoms with Crippen molar-refractivity contribution >= 4 is 12.1 Å². The molecular formula is C10H10O2. The molecule has 0 aliphatic heterocycles. The Balaban J connectivity index is 3.18. The van der Waals surface area contributed by atoms with Gasteiger partial charge in [-0.1, -0.05) is 12.1 Å². The lowest BCUT2D eigenvalue weighted by Gasteiger charge is -1.99. The number of ketones is 1. The molecule has 0 spiro atoms. The molecule has 0 radical (unpaired) electrons. The monoisotopic (exact) mass is 162 g/mol. The van der Waals surface area contributed by atoms with Crippen molar-refractivity contribution in [3.8, 4) is 0 Å². The molecule has 2 heteroatoms. The Morgan fingerprint density at radius 2 is 2.08 bits per heavy atom. The van der Waals surface area contributed by atoms with Gasteiger partial charge in [0.2, 0.25) is 0 Å². The zero-order valence-corrected chi connectivity index (χ0v) is 7.13. The van der Waals surface area contributed by atoms with Crippen molar-refractivity contribution in [3.05, 3.63) is 34.9 Å². The van der Waals surface area contributed by atoms with Gasteiger partial charge in [-0.2, -0.15) is 0 Å². The second kappa shape index (κ2) is 3.30. The fourth-order valence-corrected chi connectivity index (χ4v) is 1.03. The predicted molar refractivity (Wildman–Crippen MR) is 46.6 cm³/mol. The van der Waals surface area contributed by atoms with Crippen LogP contribution in [0.25, 0.3) is 0 Å². The molecule has 0 bridgehead atoms. The van der Waals surface area contributed by atoms with Gasteiger partial charge in [-0.15, -0.1) is 0 Å². The van der Waals surface area contributed by atoms with Gasteiger partial charge in [0.1, 0.15) is 6.29 Å². The lowest BCUT2D eigenvalue weighted by Crippen LogP contribution is -1.94. The quantitative estimate of drug-likeness (QED) is 0.492. The van der Waals surface area contributed by atoms with Gasteiger partial charge in [-0.25, -0.2) is 0 Å². The second-order valence-electron chi connectivity index (χ2n) is 2.75. The van der Waals surface area contributed by atoms with Gasteiger partial charge in [-0.3, -0.25) is 9.59 Å². The number of hydrogen-bond donors (Lipinski definition) is 0. The summed E-state index contributed by atoms with van der Waals surface area (Å²) in [5, 5.41) is 0. The van der Waals surface area contributed by atoms with Crippen LogP contribution in [0.1, 0.15) is 33.2 Å². The SMILES string of the molecule is CC(=O)c1ccc(C=O)c(C)c1. The minimum Gasteiger partial charge on any atom is -0.298 e. The first-order valence-electron chi connectivity index (χ1n) is 3.72. The molecule has 0 unspecified atom stereocenters. The van der Waals surface area contributed by atoms with E-state index in [-0.39, 0.29) is 5.78 Å². The van der Waals surface area contributed by atoms with Gasteiger partial charge in [0, 0.05) is 11.1 Å². The molecule has 0 aromatic heterocycles. The fourth-order valence-electron chi connectivity index (χ4n) is 1.03. The molecule has 0 N–H and O–H groups in total. The standard InChI is InChI=1S/C10H10O2/c1-7-5-9(8(2)12)3-4-10(7)6-11/h3-6H,1-2H3. The number of rotatable bonds is 2. The smallest absolute Gasteiger partial charge is 0.159 e. The molecule has 0 aliphatic rings. The molecule has 0 atom stereocenters. The van der Waals surface area contributed by atoms with Gasteiger partial charge < -0.3 is 0 Å². The first-order chi connectivity index (χ1) is 5.65. The minimum absolute atomic E-state index is 0.0237. The van der Waals surface area contributed by atoms with Crippen LogP contribution in [0.2, 0.25) is 0 Å². The Bertz CT molecular complexity index is 327. The van der Waals surface area contributed by atoms with Crippen LogP contribution in [0, 0.1) is 6.92 Å². The lowest BCUT2D eigenvalue weighted by molar-refractivity contribution is 0.101. The Labute approximate surface area is 71.2 Å². The molecular weight excluding hydrogens is 152 g/mol. The molecule has 0 fully saturated rings. The summed E-state index contributed by atoms with van der Waals surface area (Å²) >= 11 is 0. The van der Waals surface area contributed by atoms with Crippen LogP contribution in [0.5, 0.6) is 0 Å². The van der Waals surface area contributed by atoms with E-state index in [4.69, 9.17) is 0 Å². The summed E-state index contributed by atoms with van der Waals surface area (Å²) in [5.74, 6) is 0.0237. The third-order valence-corrected chi connectivity index (χ3v) is 1.80. The number of carbonyl (C=O) groups is 2. The highest BCUT2D eigenvalue weighted by atomic mass is 16.1. The number of aryl methyl sites for hydroxylation is 1. The zero-order chi connectivity index (χ0) is 9.14. The number of Topliss-reactive ketones (excluding diaryl/α,β-unsaturated/α-hetero) is 1. The third-order valence-electron chi connectivity index (χ3n) is 1.80. The van der Waals surface area contributed by atoms with E-state index in [1.165, 1.54) is 6.92 Å². The summed E-state index contributed by atoms with van der Waals surface area (Å²) in [5.41, 5.74) is 2.14. The van der Waals surface area contributed by atoms with E-state index in [9.17, 15) is 9.59 Å².